The molecule has 0 saturated heterocycles. The Balaban J connectivity index is 2.16. The van der Waals surface area contributed by atoms with Crippen molar-refractivity contribution in [2.24, 2.45) is 0 Å². The molecule has 0 saturated carbocycles. The first-order valence-corrected chi connectivity index (χ1v) is 6.37. The predicted octanol–water partition coefficient (Wildman–Crippen LogP) is 2.13. The molecule has 0 aliphatic carbocycles. The van der Waals surface area contributed by atoms with E-state index in [4.69, 9.17) is 16.7 Å². The Bertz CT molecular complexity index is 303. The van der Waals surface area contributed by atoms with E-state index in [1.807, 2.05) is 12.1 Å². The first-order valence-electron chi connectivity index (χ1n) is 5.99. The highest BCUT2D eigenvalue weighted by Gasteiger charge is 2.05. The van der Waals surface area contributed by atoms with Gasteiger partial charge in [-0.05, 0) is 43.5 Å². The normalized spacial score (nSPS) is 12.6. The molecular formula is C13H20ClNO2. The van der Waals surface area contributed by atoms with Gasteiger partial charge in [0.25, 0.3) is 0 Å². The fourth-order valence-electron chi connectivity index (χ4n) is 1.58. The van der Waals surface area contributed by atoms with E-state index in [0.717, 1.165) is 31.4 Å². The number of rotatable bonds is 8. The van der Waals surface area contributed by atoms with Crippen LogP contribution in [0.2, 0.25) is 5.02 Å². The van der Waals surface area contributed by atoms with Crippen LogP contribution in [0.5, 0.6) is 0 Å². The minimum atomic E-state index is -0.495. The summed E-state index contributed by atoms with van der Waals surface area (Å²) in [5.41, 5.74) is 0.872. The second kappa shape index (κ2) is 8.48. The maximum atomic E-state index is 9.87. The van der Waals surface area contributed by atoms with Gasteiger partial charge in [0, 0.05) is 18.2 Å². The Kier molecular flexibility index (Phi) is 7.21. The lowest BCUT2D eigenvalue weighted by Crippen LogP contribution is -2.22. The van der Waals surface area contributed by atoms with E-state index in [-0.39, 0.29) is 6.61 Å². The lowest BCUT2D eigenvalue weighted by Gasteiger charge is -2.12. The number of benzene rings is 1. The van der Waals surface area contributed by atoms with Gasteiger partial charge >= 0.3 is 0 Å². The fourth-order valence-corrected chi connectivity index (χ4v) is 1.71. The Morgan fingerprint density at radius 2 is 1.82 bits per heavy atom. The molecule has 1 rings (SSSR count). The Morgan fingerprint density at radius 3 is 2.47 bits per heavy atom. The Morgan fingerprint density at radius 1 is 1.12 bits per heavy atom. The van der Waals surface area contributed by atoms with Crippen molar-refractivity contribution in [2.75, 3.05) is 19.7 Å². The maximum Gasteiger partial charge on any atom is 0.0914 e. The highest BCUT2D eigenvalue weighted by molar-refractivity contribution is 6.30. The van der Waals surface area contributed by atoms with Crippen LogP contribution in [0.15, 0.2) is 24.3 Å². The van der Waals surface area contributed by atoms with Crippen molar-refractivity contribution < 1.29 is 10.2 Å². The van der Waals surface area contributed by atoms with Crippen LogP contribution in [-0.4, -0.2) is 29.9 Å². The van der Waals surface area contributed by atoms with E-state index in [9.17, 15) is 5.11 Å². The number of aliphatic hydroxyl groups is 2. The number of hydrogen-bond donors (Lipinski definition) is 3. The number of aliphatic hydroxyl groups excluding tert-OH is 2. The standard InChI is InChI=1S/C13H20ClNO2/c14-12-6-4-11(5-7-12)13(17)10-15-8-2-1-3-9-16/h4-7,13,15-17H,1-3,8-10H2. The molecule has 0 amide bonds. The van der Waals surface area contributed by atoms with Gasteiger partial charge < -0.3 is 15.5 Å². The molecule has 0 radical (unpaired) electrons. The zero-order valence-corrected chi connectivity index (χ0v) is 10.7. The average molecular weight is 258 g/mol. The molecule has 1 aromatic carbocycles. The second-order valence-corrected chi connectivity index (χ2v) is 4.49. The van der Waals surface area contributed by atoms with Gasteiger partial charge in [0.15, 0.2) is 0 Å². The van der Waals surface area contributed by atoms with E-state index in [0.29, 0.717) is 11.6 Å². The molecule has 0 heterocycles. The van der Waals surface area contributed by atoms with Gasteiger partial charge in [-0.15, -0.1) is 0 Å². The molecule has 3 N–H and O–H groups in total. The zero-order valence-electron chi connectivity index (χ0n) is 9.90. The molecule has 0 aliphatic rings. The van der Waals surface area contributed by atoms with Gasteiger partial charge in [-0.3, -0.25) is 0 Å². The van der Waals surface area contributed by atoms with Gasteiger partial charge in [0.05, 0.1) is 6.10 Å². The Hall–Kier alpha value is -0.610. The predicted molar refractivity (Wildman–Crippen MR) is 70.2 cm³/mol. The maximum absolute atomic E-state index is 9.87. The SMILES string of the molecule is OCCCCCNCC(O)c1ccc(Cl)cc1. The van der Waals surface area contributed by atoms with Gasteiger partial charge in [-0.2, -0.15) is 0 Å². The topological polar surface area (TPSA) is 52.5 Å². The van der Waals surface area contributed by atoms with Crippen molar-refractivity contribution in [3.8, 4) is 0 Å². The minimum absolute atomic E-state index is 0.257. The van der Waals surface area contributed by atoms with Crippen molar-refractivity contribution in [1.82, 2.24) is 5.32 Å². The molecule has 0 aromatic heterocycles. The van der Waals surface area contributed by atoms with Crippen molar-refractivity contribution in [3.63, 3.8) is 0 Å². The summed E-state index contributed by atoms with van der Waals surface area (Å²) >= 11 is 5.77. The number of unbranched alkanes of at least 4 members (excludes halogenated alkanes) is 2. The Labute approximate surface area is 107 Å². The smallest absolute Gasteiger partial charge is 0.0914 e. The molecule has 1 unspecified atom stereocenters. The van der Waals surface area contributed by atoms with Crippen molar-refractivity contribution in [3.05, 3.63) is 34.9 Å². The molecule has 96 valence electrons. The van der Waals surface area contributed by atoms with E-state index in [2.05, 4.69) is 5.32 Å². The fraction of sp³-hybridized carbons (Fsp3) is 0.538. The third kappa shape index (κ3) is 6.03. The molecule has 0 bridgehead atoms. The molecule has 17 heavy (non-hydrogen) atoms. The molecule has 4 heteroatoms. The molecular weight excluding hydrogens is 238 g/mol. The van der Waals surface area contributed by atoms with Crippen LogP contribution >= 0.6 is 11.6 Å². The summed E-state index contributed by atoms with van der Waals surface area (Å²) in [6.07, 6.45) is 2.39. The van der Waals surface area contributed by atoms with Crippen LogP contribution in [0.1, 0.15) is 30.9 Å². The monoisotopic (exact) mass is 257 g/mol. The largest absolute Gasteiger partial charge is 0.396 e. The molecule has 0 fully saturated rings. The lowest BCUT2D eigenvalue weighted by atomic mass is 10.1. The minimum Gasteiger partial charge on any atom is -0.396 e. The summed E-state index contributed by atoms with van der Waals surface area (Å²) in [7, 11) is 0. The van der Waals surface area contributed by atoms with Crippen LogP contribution in [0.25, 0.3) is 0 Å². The highest BCUT2D eigenvalue weighted by atomic mass is 35.5. The summed E-state index contributed by atoms with van der Waals surface area (Å²) in [6, 6.07) is 7.23. The van der Waals surface area contributed by atoms with E-state index < -0.39 is 6.10 Å². The summed E-state index contributed by atoms with van der Waals surface area (Å²) < 4.78 is 0. The van der Waals surface area contributed by atoms with Crippen molar-refractivity contribution >= 4 is 11.6 Å². The first-order chi connectivity index (χ1) is 8.24. The summed E-state index contributed by atoms with van der Waals surface area (Å²) in [6.45, 7) is 1.67. The van der Waals surface area contributed by atoms with Gasteiger partial charge in [0.1, 0.15) is 0 Å². The highest BCUT2D eigenvalue weighted by Crippen LogP contribution is 2.15. The first kappa shape index (κ1) is 14.5. The summed E-state index contributed by atoms with van der Waals surface area (Å²) in [4.78, 5) is 0. The van der Waals surface area contributed by atoms with Crippen molar-refractivity contribution in [1.29, 1.82) is 0 Å². The van der Waals surface area contributed by atoms with Gasteiger partial charge in [-0.1, -0.05) is 23.7 Å². The molecule has 1 atom stereocenters. The number of hydrogen-bond acceptors (Lipinski definition) is 3. The van der Waals surface area contributed by atoms with Gasteiger partial charge in [0.2, 0.25) is 0 Å². The average Bonchev–Trinajstić information content (AvgIpc) is 2.34. The van der Waals surface area contributed by atoms with Gasteiger partial charge in [-0.25, -0.2) is 0 Å². The third-order valence-electron chi connectivity index (χ3n) is 2.60. The van der Waals surface area contributed by atoms with Crippen molar-refractivity contribution in [2.45, 2.75) is 25.4 Å². The van der Waals surface area contributed by atoms with Crippen LogP contribution in [0.3, 0.4) is 0 Å². The third-order valence-corrected chi connectivity index (χ3v) is 2.86. The molecule has 0 aliphatic heterocycles. The van der Waals surface area contributed by atoms with E-state index >= 15 is 0 Å². The molecule has 3 nitrogen and oxygen atoms in total. The van der Waals surface area contributed by atoms with Crippen LogP contribution in [-0.2, 0) is 0 Å². The number of halogens is 1. The summed E-state index contributed by atoms with van der Waals surface area (Å²) in [5.74, 6) is 0. The van der Waals surface area contributed by atoms with E-state index in [1.54, 1.807) is 12.1 Å². The van der Waals surface area contributed by atoms with E-state index in [1.165, 1.54) is 0 Å². The lowest BCUT2D eigenvalue weighted by molar-refractivity contribution is 0.174. The quantitative estimate of drug-likeness (QED) is 0.626. The van der Waals surface area contributed by atoms with Crippen LogP contribution in [0.4, 0.5) is 0 Å². The molecule has 1 aromatic rings. The number of nitrogens with one attached hydrogen (secondary N) is 1. The molecule has 0 spiro atoms. The van der Waals surface area contributed by atoms with Crippen LogP contribution < -0.4 is 5.32 Å². The zero-order chi connectivity index (χ0) is 12.5. The second-order valence-electron chi connectivity index (χ2n) is 4.06. The summed E-state index contributed by atoms with van der Waals surface area (Å²) in [5, 5.41) is 22.4. The van der Waals surface area contributed by atoms with Crippen LogP contribution in [0, 0.1) is 0 Å².